The summed E-state index contributed by atoms with van der Waals surface area (Å²) in [5.41, 5.74) is 7.33. The van der Waals surface area contributed by atoms with Crippen LogP contribution in [0, 0.1) is 5.41 Å². The topological polar surface area (TPSA) is 72.5 Å². The van der Waals surface area contributed by atoms with Gasteiger partial charge >= 0.3 is 0 Å². The van der Waals surface area contributed by atoms with Crippen LogP contribution in [-0.2, 0) is 11.2 Å². The van der Waals surface area contributed by atoms with Crippen LogP contribution in [0.2, 0.25) is 0 Å². The quantitative estimate of drug-likeness (QED) is 0.386. The molecule has 0 bridgehead atoms. The minimum Gasteiger partial charge on any atom is -0.385 e. The number of methoxy groups -OCH3 is 1. The van der Waals surface area contributed by atoms with E-state index in [1.54, 1.807) is 7.11 Å². The van der Waals surface area contributed by atoms with Crippen LogP contribution in [0.3, 0.4) is 0 Å². The number of nitrogens with one attached hydrogen (secondary N) is 1. The largest absolute Gasteiger partial charge is 0.385 e. The second-order valence-corrected chi connectivity index (χ2v) is 5.80. The molecule has 1 aromatic rings. The van der Waals surface area contributed by atoms with Gasteiger partial charge in [-0.15, -0.1) is 24.0 Å². The number of nitrogens with zero attached hydrogens (tertiary/aromatic N) is 2. The van der Waals surface area contributed by atoms with Crippen molar-refractivity contribution in [3.05, 3.63) is 30.1 Å². The number of pyridine rings is 1. The minimum absolute atomic E-state index is 0. The molecule has 1 saturated carbocycles. The van der Waals surface area contributed by atoms with Gasteiger partial charge in [0, 0.05) is 45.1 Å². The maximum Gasteiger partial charge on any atom is 0.188 e. The van der Waals surface area contributed by atoms with E-state index in [-0.39, 0.29) is 24.0 Å². The molecule has 0 atom stereocenters. The molecule has 0 spiro atoms. The summed E-state index contributed by atoms with van der Waals surface area (Å²) in [7, 11) is 1.75. The Morgan fingerprint density at radius 2 is 2.27 bits per heavy atom. The highest BCUT2D eigenvalue weighted by molar-refractivity contribution is 14.0. The van der Waals surface area contributed by atoms with Crippen LogP contribution in [0.15, 0.2) is 29.4 Å². The summed E-state index contributed by atoms with van der Waals surface area (Å²) in [5, 5.41) is 3.16. The Bertz CT molecular complexity index is 449. The first kappa shape index (κ1) is 19.2. The van der Waals surface area contributed by atoms with Crippen LogP contribution >= 0.6 is 24.0 Å². The highest BCUT2D eigenvalue weighted by Crippen LogP contribution is 2.44. The summed E-state index contributed by atoms with van der Waals surface area (Å²) < 4.78 is 5.19. The average Bonchev–Trinajstić information content (AvgIpc) is 2.47. The van der Waals surface area contributed by atoms with Gasteiger partial charge in [-0.1, -0.05) is 12.5 Å². The third-order valence-corrected chi connectivity index (χ3v) is 4.25. The summed E-state index contributed by atoms with van der Waals surface area (Å²) in [5.74, 6) is 0.537. The van der Waals surface area contributed by atoms with Crippen molar-refractivity contribution in [3.8, 4) is 0 Å². The van der Waals surface area contributed by atoms with Gasteiger partial charge in [-0.05, 0) is 36.8 Å². The van der Waals surface area contributed by atoms with Crippen LogP contribution in [0.25, 0.3) is 0 Å². The van der Waals surface area contributed by atoms with E-state index in [4.69, 9.17) is 10.5 Å². The lowest BCUT2D eigenvalue weighted by Gasteiger charge is -2.40. The van der Waals surface area contributed by atoms with Crippen molar-refractivity contribution in [1.29, 1.82) is 0 Å². The third kappa shape index (κ3) is 6.08. The molecule has 1 heterocycles. The Morgan fingerprint density at radius 3 is 2.86 bits per heavy atom. The molecule has 2 rings (SSSR count). The van der Waals surface area contributed by atoms with Crippen molar-refractivity contribution in [2.75, 3.05) is 26.8 Å². The molecule has 0 unspecified atom stereocenters. The van der Waals surface area contributed by atoms with Crippen molar-refractivity contribution in [1.82, 2.24) is 10.3 Å². The maximum absolute atomic E-state index is 5.94. The fourth-order valence-electron chi connectivity index (χ4n) is 2.66. The molecule has 1 fully saturated rings. The highest BCUT2D eigenvalue weighted by atomic mass is 127. The monoisotopic (exact) mass is 418 g/mol. The van der Waals surface area contributed by atoms with E-state index in [0.717, 1.165) is 38.2 Å². The van der Waals surface area contributed by atoms with E-state index in [2.05, 4.69) is 15.3 Å². The molecule has 1 aromatic heterocycles. The smallest absolute Gasteiger partial charge is 0.188 e. The number of aliphatic imine (C=N–C) groups is 1. The summed E-state index contributed by atoms with van der Waals surface area (Å²) in [6.45, 7) is 2.37. The molecule has 5 nitrogen and oxygen atoms in total. The third-order valence-electron chi connectivity index (χ3n) is 4.25. The molecule has 1 aliphatic rings. The van der Waals surface area contributed by atoms with Gasteiger partial charge in [-0.25, -0.2) is 0 Å². The predicted molar refractivity (Wildman–Crippen MR) is 101 cm³/mol. The fourth-order valence-corrected chi connectivity index (χ4v) is 2.66. The number of aromatic nitrogens is 1. The SMILES string of the molecule is COCCC1(CN=C(N)NCCc2ccccn2)CCC1.I. The number of ether oxygens (including phenoxy) is 1. The van der Waals surface area contributed by atoms with Crippen molar-refractivity contribution in [2.24, 2.45) is 16.1 Å². The number of nitrogens with two attached hydrogens (primary N) is 1. The van der Waals surface area contributed by atoms with E-state index in [0.29, 0.717) is 11.4 Å². The van der Waals surface area contributed by atoms with Crippen LogP contribution in [0.4, 0.5) is 0 Å². The lowest BCUT2D eigenvalue weighted by molar-refractivity contribution is 0.0779. The van der Waals surface area contributed by atoms with Gasteiger partial charge in [0.05, 0.1) is 0 Å². The maximum atomic E-state index is 5.94. The molecule has 1 aliphatic carbocycles. The fraction of sp³-hybridized carbons (Fsp3) is 0.625. The Hall–Kier alpha value is -0.890. The molecule has 0 amide bonds. The van der Waals surface area contributed by atoms with Crippen LogP contribution < -0.4 is 11.1 Å². The van der Waals surface area contributed by atoms with Crippen molar-refractivity contribution in [2.45, 2.75) is 32.1 Å². The van der Waals surface area contributed by atoms with Gasteiger partial charge in [0.15, 0.2) is 5.96 Å². The first-order valence-corrected chi connectivity index (χ1v) is 7.67. The Labute approximate surface area is 150 Å². The van der Waals surface area contributed by atoms with Crippen molar-refractivity contribution in [3.63, 3.8) is 0 Å². The Kier molecular flexibility index (Phi) is 8.70. The first-order chi connectivity index (χ1) is 10.2. The van der Waals surface area contributed by atoms with E-state index < -0.39 is 0 Å². The average molecular weight is 418 g/mol. The molecule has 6 heteroatoms. The van der Waals surface area contributed by atoms with Gasteiger partial charge in [0.25, 0.3) is 0 Å². The number of guanidine groups is 1. The van der Waals surface area contributed by atoms with Crippen molar-refractivity contribution < 1.29 is 4.74 Å². The van der Waals surface area contributed by atoms with Crippen molar-refractivity contribution >= 4 is 29.9 Å². The normalized spacial score (nSPS) is 16.5. The molecule has 0 saturated heterocycles. The van der Waals surface area contributed by atoms with E-state index in [1.165, 1.54) is 19.3 Å². The van der Waals surface area contributed by atoms with Crippen LogP contribution in [-0.4, -0.2) is 37.7 Å². The second kappa shape index (κ2) is 9.99. The molecular weight excluding hydrogens is 391 g/mol. The Morgan fingerprint density at radius 1 is 1.45 bits per heavy atom. The molecule has 3 N–H and O–H groups in total. The highest BCUT2D eigenvalue weighted by Gasteiger charge is 2.36. The first-order valence-electron chi connectivity index (χ1n) is 7.67. The lowest BCUT2D eigenvalue weighted by Crippen LogP contribution is -2.38. The zero-order chi connectivity index (χ0) is 15.0. The zero-order valence-corrected chi connectivity index (χ0v) is 15.6. The number of hydrogen-bond donors (Lipinski definition) is 2. The van der Waals surface area contributed by atoms with Crippen LogP contribution in [0.1, 0.15) is 31.4 Å². The second-order valence-electron chi connectivity index (χ2n) is 5.80. The van der Waals surface area contributed by atoms with E-state index in [1.807, 2.05) is 24.4 Å². The van der Waals surface area contributed by atoms with Crippen LogP contribution in [0.5, 0.6) is 0 Å². The molecular formula is C16H27IN4O. The van der Waals surface area contributed by atoms with E-state index >= 15 is 0 Å². The standard InChI is InChI=1S/C16H26N4O.HI/c1-21-12-9-16(7-4-8-16)13-20-15(17)19-11-6-14-5-2-3-10-18-14;/h2-3,5,10H,4,6-9,11-13H2,1H3,(H3,17,19,20);1H. The summed E-state index contributed by atoms with van der Waals surface area (Å²) in [6.07, 6.45) is 7.51. The predicted octanol–water partition coefficient (Wildman–Crippen LogP) is 2.35. The molecule has 0 aliphatic heterocycles. The summed E-state index contributed by atoms with van der Waals surface area (Å²) >= 11 is 0. The molecule has 0 radical (unpaired) electrons. The summed E-state index contributed by atoms with van der Waals surface area (Å²) in [6, 6.07) is 5.93. The van der Waals surface area contributed by atoms with Gasteiger partial charge in [-0.2, -0.15) is 0 Å². The van der Waals surface area contributed by atoms with Gasteiger partial charge in [0.1, 0.15) is 0 Å². The Balaban J connectivity index is 0.00000242. The van der Waals surface area contributed by atoms with E-state index in [9.17, 15) is 0 Å². The summed E-state index contributed by atoms with van der Waals surface area (Å²) in [4.78, 5) is 8.79. The number of hydrogen-bond acceptors (Lipinski definition) is 3. The number of rotatable bonds is 8. The minimum atomic E-state index is 0. The van der Waals surface area contributed by atoms with Gasteiger partial charge < -0.3 is 15.8 Å². The zero-order valence-electron chi connectivity index (χ0n) is 13.3. The molecule has 0 aromatic carbocycles. The molecule has 22 heavy (non-hydrogen) atoms. The van der Waals surface area contributed by atoms with Gasteiger partial charge in [-0.3, -0.25) is 9.98 Å². The number of halogens is 1. The van der Waals surface area contributed by atoms with Gasteiger partial charge in [0.2, 0.25) is 0 Å². The lowest BCUT2D eigenvalue weighted by atomic mass is 9.67. The molecule has 124 valence electrons.